The van der Waals surface area contributed by atoms with E-state index in [4.69, 9.17) is 0 Å². The number of fused-ring (bicyclic) bond motifs is 1. The molecule has 3 aromatic rings. The molecule has 0 bridgehead atoms. The van der Waals surface area contributed by atoms with E-state index in [1.165, 1.54) is 28.4 Å². The summed E-state index contributed by atoms with van der Waals surface area (Å²) in [7, 11) is 0. The Morgan fingerprint density at radius 2 is 1.79 bits per heavy atom. The number of amides is 2. The van der Waals surface area contributed by atoms with Crippen molar-refractivity contribution in [1.29, 1.82) is 0 Å². The third-order valence-corrected chi connectivity index (χ3v) is 9.30. The van der Waals surface area contributed by atoms with Gasteiger partial charge in [0.05, 0.1) is 0 Å². The normalized spacial score (nSPS) is 20.8. The van der Waals surface area contributed by atoms with Crippen LogP contribution in [0.15, 0.2) is 95.0 Å². The molecule has 1 aromatic heterocycles. The monoisotopic (exact) mass is 543 g/mol. The molecule has 192 valence electrons. The van der Waals surface area contributed by atoms with Crippen LogP contribution in [0.25, 0.3) is 6.08 Å². The molecule has 0 radical (unpaired) electrons. The Morgan fingerprint density at radius 3 is 2.34 bits per heavy atom. The maximum Gasteiger partial charge on any atom is 0.353 e. The molecule has 0 spiro atoms. The van der Waals surface area contributed by atoms with E-state index in [2.05, 4.69) is 10.3 Å². The van der Waals surface area contributed by atoms with E-state index in [1.807, 2.05) is 91.2 Å². The van der Waals surface area contributed by atoms with Gasteiger partial charge in [0.25, 0.3) is 5.91 Å². The summed E-state index contributed by atoms with van der Waals surface area (Å²) in [5.41, 5.74) is 3.60. The summed E-state index contributed by atoms with van der Waals surface area (Å²) in [4.78, 5) is 43.0. The number of carbonyl (C=O) groups excluding carboxylic acids is 2. The molecule has 2 amide bonds. The molecular weight excluding hydrogens is 518 g/mol. The van der Waals surface area contributed by atoms with Crippen molar-refractivity contribution in [2.75, 3.05) is 5.75 Å². The third-order valence-electron chi connectivity index (χ3n) is 6.67. The summed E-state index contributed by atoms with van der Waals surface area (Å²) in [5.74, 6) is -1.65. The molecule has 38 heavy (non-hydrogen) atoms. The quantitative estimate of drug-likeness (QED) is 0.300. The van der Waals surface area contributed by atoms with E-state index in [9.17, 15) is 19.5 Å². The molecule has 9 heteroatoms. The van der Waals surface area contributed by atoms with Crippen LogP contribution in [0.1, 0.15) is 28.3 Å². The van der Waals surface area contributed by atoms with Crippen LogP contribution < -0.4 is 5.32 Å². The Hall–Kier alpha value is -3.82. The fourth-order valence-corrected chi connectivity index (χ4v) is 7.74. The molecule has 2 atom stereocenters. The predicted octanol–water partition coefficient (Wildman–Crippen LogP) is 4.62. The lowest BCUT2D eigenvalue weighted by molar-refractivity contribution is -0.157. The number of aromatic nitrogens is 1. The van der Waals surface area contributed by atoms with Gasteiger partial charge in [0.1, 0.15) is 16.6 Å². The number of hydrogen-bond acceptors (Lipinski definition) is 6. The average molecular weight is 544 g/mol. The van der Waals surface area contributed by atoms with Gasteiger partial charge in [-0.05, 0) is 41.2 Å². The zero-order valence-corrected chi connectivity index (χ0v) is 22.1. The maximum atomic E-state index is 13.5. The van der Waals surface area contributed by atoms with Crippen molar-refractivity contribution in [3.05, 3.63) is 117 Å². The summed E-state index contributed by atoms with van der Waals surface area (Å²) < 4.78 is 0. The fourth-order valence-electron chi connectivity index (χ4n) is 5.02. The molecule has 7 nitrogen and oxygen atoms in total. The van der Waals surface area contributed by atoms with Gasteiger partial charge in [0.15, 0.2) is 0 Å². The van der Waals surface area contributed by atoms with Crippen molar-refractivity contribution < 1.29 is 19.5 Å². The Balaban J connectivity index is 1.60. The van der Waals surface area contributed by atoms with Gasteiger partial charge in [-0.3, -0.25) is 19.5 Å². The summed E-state index contributed by atoms with van der Waals surface area (Å²) in [6, 6.07) is 22.3. The number of hydrogen-bond donors (Lipinski definition) is 2. The van der Waals surface area contributed by atoms with Crippen molar-refractivity contribution in [1.82, 2.24) is 15.2 Å². The first kappa shape index (κ1) is 25.8. The minimum atomic E-state index is -1.18. The van der Waals surface area contributed by atoms with E-state index in [0.29, 0.717) is 17.1 Å². The van der Waals surface area contributed by atoms with Crippen LogP contribution in [0.5, 0.6) is 0 Å². The van der Waals surface area contributed by atoms with Crippen LogP contribution in [0.3, 0.4) is 0 Å². The number of pyridine rings is 1. The number of nitrogens with zero attached hydrogens (tertiary/aromatic N) is 2. The molecule has 0 aliphatic carbocycles. The highest BCUT2D eigenvalue weighted by Gasteiger charge is 2.68. The van der Waals surface area contributed by atoms with Gasteiger partial charge in [-0.15, -0.1) is 11.8 Å². The lowest BCUT2D eigenvalue weighted by Gasteiger charge is -2.61. The molecule has 2 aromatic carbocycles. The Bertz CT molecular complexity index is 1370. The summed E-state index contributed by atoms with van der Waals surface area (Å²) in [6.45, 7) is 1.91. The van der Waals surface area contributed by atoms with Crippen LogP contribution in [0, 0.1) is 6.92 Å². The summed E-state index contributed by atoms with van der Waals surface area (Å²) in [6.07, 6.45) is 4.13. The Labute approximate surface area is 229 Å². The van der Waals surface area contributed by atoms with Crippen molar-refractivity contribution >= 4 is 47.9 Å². The van der Waals surface area contributed by atoms with Gasteiger partial charge in [0.2, 0.25) is 6.41 Å². The smallest absolute Gasteiger partial charge is 0.353 e. The Kier molecular flexibility index (Phi) is 7.40. The molecule has 1 unspecified atom stereocenters. The number of nitrogens with one attached hydrogen (secondary N) is 1. The highest BCUT2D eigenvalue weighted by Crippen LogP contribution is 2.59. The van der Waals surface area contributed by atoms with E-state index >= 15 is 0 Å². The van der Waals surface area contributed by atoms with E-state index in [0.717, 1.165) is 22.4 Å². The molecule has 1 fully saturated rings. The number of aliphatic carboxylic acids is 1. The summed E-state index contributed by atoms with van der Waals surface area (Å²) in [5, 5.41) is 14.9. The molecule has 2 N–H and O–H groups in total. The van der Waals surface area contributed by atoms with Gasteiger partial charge < -0.3 is 10.4 Å². The minimum absolute atomic E-state index is 0.0498. The van der Waals surface area contributed by atoms with Crippen LogP contribution >= 0.6 is 23.5 Å². The van der Waals surface area contributed by atoms with E-state index in [1.54, 1.807) is 6.20 Å². The van der Waals surface area contributed by atoms with Crippen molar-refractivity contribution in [3.63, 3.8) is 0 Å². The van der Waals surface area contributed by atoms with Gasteiger partial charge in [-0.1, -0.05) is 78.5 Å². The van der Waals surface area contributed by atoms with Gasteiger partial charge in [0, 0.05) is 28.5 Å². The number of β-lactam (4-membered cyclic amide) rings is 1. The topological polar surface area (TPSA) is 99.6 Å². The largest absolute Gasteiger partial charge is 0.477 e. The highest BCUT2D eigenvalue weighted by molar-refractivity contribution is 8.08. The lowest BCUT2D eigenvalue weighted by Crippen LogP contribution is -2.79. The predicted molar refractivity (Wildman–Crippen MR) is 150 cm³/mol. The van der Waals surface area contributed by atoms with Crippen LogP contribution in [0.2, 0.25) is 0 Å². The van der Waals surface area contributed by atoms with Gasteiger partial charge in [-0.25, -0.2) is 4.79 Å². The van der Waals surface area contributed by atoms with Gasteiger partial charge in [-0.2, -0.15) is 0 Å². The molecule has 3 heterocycles. The number of carboxylic acids is 1. The van der Waals surface area contributed by atoms with E-state index in [-0.39, 0.29) is 11.6 Å². The van der Waals surface area contributed by atoms with Crippen LogP contribution in [0.4, 0.5) is 0 Å². The number of aryl methyl sites for hydroxylation is 1. The maximum absolute atomic E-state index is 13.5. The first-order valence-electron chi connectivity index (χ1n) is 12.0. The zero-order valence-electron chi connectivity index (χ0n) is 20.5. The molecule has 2 aliphatic rings. The molecule has 0 saturated carbocycles. The number of rotatable bonds is 9. The number of benzene rings is 2. The average Bonchev–Trinajstić information content (AvgIpc) is 2.94. The lowest BCUT2D eigenvalue weighted by atomic mass is 9.74. The molecular formula is C29H25N3O4S2. The van der Waals surface area contributed by atoms with Crippen LogP contribution in [-0.2, 0) is 14.4 Å². The Morgan fingerprint density at radius 1 is 1.13 bits per heavy atom. The second kappa shape index (κ2) is 10.9. The number of thioether (sulfide) groups is 2. The van der Waals surface area contributed by atoms with Crippen molar-refractivity contribution in [3.8, 4) is 0 Å². The second-order valence-electron chi connectivity index (χ2n) is 8.92. The van der Waals surface area contributed by atoms with Gasteiger partial charge >= 0.3 is 5.97 Å². The van der Waals surface area contributed by atoms with E-state index < -0.39 is 22.8 Å². The fraction of sp³-hybridized carbons (Fsp3) is 0.172. The first-order valence-corrected chi connectivity index (χ1v) is 13.8. The van der Waals surface area contributed by atoms with Crippen LogP contribution in [-0.4, -0.2) is 49.9 Å². The number of carbonyl (C=O) groups is 3. The standard InChI is InChI=1S/C29H25N3O4S2/c1-19-12-13-20(16-30-19)14-15-37-23-17-38-29(26(31-18-33)27(34)32(29)25(23)28(35)36)24(21-8-4-2-5-9-21)22-10-6-3-7-11-22/h2-16,18,24,26H,17H2,1H3,(H,31,33)(H,35,36)/b15-14-/t26?,29-/m1/s1. The van der Waals surface area contributed by atoms with Crippen molar-refractivity contribution in [2.45, 2.75) is 23.8 Å². The molecule has 2 aliphatic heterocycles. The zero-order chi connectivity index (χ0) is 26.7. The molecule has 1 saturated heterocycles. The second-order valence-corrected chi connectivity index (χ2v) is 11.1. The minimum Gasteiger partial charge on any atom is -0.477 e. The third kappa shape index (κ3) is 4.52. The first-order chi connectivity index (χ1) is 18.5. The highest BCUT2D eigenvalue weighted by atomic mass is 32.2. The number of carboxylic acid groups (broad SMARTS) is 1. The summed E-state index contributed by atoms with van der Waals surface area (Å²) >= 11 is 2.76. The molecule has 5 rings (SSSR count). The SMILES string of the molecule is Cc1ccc(/C=C\SC2=C(C(=O)O)N3C(=O)C(NC=O)[C@@]3(C(c3ccccc3)c3ccccc3)SC2)cn1. The van der Waals surface area contributed by atoms with Crippen molar-refractivity contribution in [2.24, 2.45) is 0 Å².